The Bertz CT molecular complexity index is 940. The second-order valence-corrected chi connectivity index (χ2v) is 5.40. The van der Waals surface area contributed by atoms with Gasteiger partial charge in [-0.25, -0.2) is 4.79 Å². The molecule has 0 aliphatic heterocycles. The van der Waals surface area contributed by atoms with Crippen LogP contribution in [-0.4, -0.2) is 17.7 Å². The molecule has 3 aromatic carbocycles. The predicted octanol–water partition coefficient (Wildman–Crippen LogP) is 3.82. The minimum Gasteiger partial charge on any atom is -0.507 e. The highest BCUT2D eigenvalue weighted by Crippen LogP contribution is 2.25. The van der Waals surface area contributed by atoms with Gasteiger partial charge >= 0.3 is 6.09 Å². The summed E-state index contributed by atoms with van der Waals surface area (Å²) in [5.74, 6) is 5.88. The van der Waals surface area contributed by atoms with Crippen LogP contribution in [0.15, 0.2) is 66.7 Å². The maximum atomic E-state index is 11.7. The van der Waals surface area contributed by atoms with Crippen LogP contribution in [0, 0.1) is 11.8 Å². The van der Waals surface area contributed by atoms with Gasteiger partial charge in [0.25, 0.3) is 0 Å². The first-order valence-electron chi connectivity index (χ1n) is 7.88. The van der Waals surface area contributed by atoms with Gasteiger partial charge in [-0.1, -0.05) is 72.5 Å². The van der Waals surface area contributed by atoms with Gasteiger partial charge < -0.3 is 15.2 Å². The van der Waals surface area contributed by atoms with E-state index in [0.717, 1.165) is 16.3 Å². The van der Waals surface area contributed by atoms with Gasteiger partial charge in [-0.15, -0.1) is 0 Å². The Balaban J connectivity index is 1.58. The maximum absolute atomic E-state index is 11.7. The first-order chi connectivity index (χ1) is 12.2. The molecule has 4 heteroatoms. The van der Waals surface area contributed by atoms with Gasteiger partial charge in [-0.2, -0.15) is 0 Å². The number of alkyl carbamates (subject to hydrolysis) is 1. The van der Waals surface area contributed by atoms with E-state index in [-0.39, 0.29) is 18.9 Å². The normalized spacial score (nSPS) is 9.92. The quantitative estimate of drug-likeness (QED) is 0.717. The van der Waals surface area contributed by atoms with Crippen molar-refractivity contribution in [2.24, 2.45) is 0 Å². The molecule has 0 saturated carbocycles. The zero-order valence-corrected chi connectivity index (χ0v) is 13.5. The Hall–Kier alpha value is -3.45. The Morgan fingerprint density at radius 3 is 2.60 bits per heavy atom. The lowest BCUT2D eigenvalue weighted by molar-refractivity contribution is 0.141. The van der Waals surface area contributed by atoms with Crippen molar-refractivity contribution in [3.05, 3.63) is 77.9 Å². The molecule has 0 saturated heterocycles. The van der Waals surface area contributed by atoms with Gasteiger partial charge in [0.1, 0.15) is 12.4 Å². The molecule has 0 atom stereocenters. The SMILES string of the molecule is O=C(NCC#Cc1c(O)ccc2ccccc12)OCc1ccccc1. The van der Waals surface area contributed by atoms with Gasteiger partial charge in [0, 0.05) is 5.39 Å². The molecular formula is C21H17NO3. The third-order valence-corrected chi connectivity index (χ3v) is 3.65. The van der Waals surface area contributed by atoms with Crippen molar-refractivity contribution in [2.45, 2.75) is 6.61 Å². The van der Waals surface area contributed by atoms with Crippen LogP contribution in [0.2, 0.25) is 0 Å². The Kier molecular flexibility index (Phi) is 5.18. The van der Waals surface area contributed by atoms with Crippen LogP contribution >= 0.6 is 0 Å². The van der Waals surface area contributed by atoms with E-state index in [1.54, 1.807) is 6.07 Å². The molecule has 3 aromatic rings. The molecule has 0 unspecified atom stereocenters. The molecule has 0 aromatic heterocycles. The first-order valence-corrected chi connectivity index (χ1v) is 7.88. The summed E-state index contributed by atoms with van der Waals surface area (Å²) in [5, 5.41) is 14.5. The van der Waals surface area contributed by atoms with Crippen LogP contribution < -0.4 is 5.32 Å². The first kappa shape index (κ1) is 16.4. The van der Waals surface area contributed by atoms with Crippen molar-refractivity contribution < 1.29 is 14.6 Å². The number of phenols is 1. The third kappa shape index (κ3) is 4.30. The molecule has 25 heavy (non-hydrogen) atoms. The van der Waals surface area contributed by atoms with Crippen molar-refractivity contribution in [3.63, 3.8) is 0 Å². The number of fused-ring (bicyclic) bond motifs is 1. The Morgan fingerprint density at radius 2 is 1.76 bits per heavy atom. The zero-order valence-electron chi connectivity index (χ0n) is 13.5. The summed E-state index contributed by atoms with van der Waals surface area (Å²) < 4.78 is 5.11. The van der Waals surface area contributed by atoms with E-state index in [0.29, 0.717) is 5.56 Å². The van der Waals surface area contributed by atoms with Crippen molar-refractivity contribution in [2.75, 3.05) is 6.54 Å². The Labute approximate surface area is 146 Å². The topological polar surface area (TPSA) is 58.6 Å². The number of carbonyl (C=O) groups is 1. The monoisotopic (exact) mass is 331 g/mol. The minimum absolute atomic E-state index is 0.123. The van der Waals surface area contributed by atoms with Crippen LogP contribution in [-0.2, 0) is 11.3 Å². The van der Waals surface area contributed by atoms with Crippen LogP contribution in [0.5, 0.6) is 5.75 Å². The molecule has 2 N–H and O–H groups in total. The number of ether oxygens (including phenoxy) is 1. The molecule has 4 nitrogen and oxygen atoms in total. The number of amides is 1. The average molecular weight is 331 g/mol. The lowest BCUT2D eigenvalue weighted by atomic mass is 10.0. The van der Waals surface area contributed by atoms with Gasteiger partial charge in [0.15, 0.2) is 0 Å². The smallest absolute Gasteiger partial charge is 0.408 e. The maximum Gasteiger partial charge on any atom is 0.408 e. The summed E-state index contributed by atoms with van der Waals surface area (Å²) in [6.45, 7) is 0.348. The predicted molar refractivity (Wildman–Crippen MR) is 97.1 cm³/mol. The van der Waals surface area contributed by atoms with Crippen molar-refractivity contribution in [3.8, 4) is 17.6 Å². The van der Waals surface area contributed by atoms with E-state index in [9.17, 15) is 9.90 Å². The fourth-order valence-corrected chi connectivity index (χ4v) is 2.41. The number of hydrogen-bond acceptors (Lipinski definition) is 3. The van der Waals surface area contributed by atoms with E-state index in [2.05, 4.69) is 17.2 Å². The number of phenolic OH excluding ortho intramolecular Hbond substituents is 1. The fraction of sp³-hybridized carbons (Fsp3) is 0.0952. The molecular weight excluding hydrogens is 314 g/mol. The molecule has 1 amide bonds. The molecule has 0 aliphatic rings. The average Bonchev–Trinajstić information content (AvgIpc) is 2.65. The number of benzene rings is 3. The molecule has 0 spiro atoms. The van der Waals surface area contributed by atoms with Crippen molar-refractivity contribution >= 4 is 16.9 Å². The minimum atomic E-state index is -0.528. The summed E-state index contributed by atoms with van der Waals surface area (Å²) in [7, 11) is 0. The van der Waals surface area contributed by atoms with Gasteiger partial charge in [-0.05, 0) is 17.0 Å². The molecule has 0 heterocycles. The summed E-state index contributed by atoms with van der Waals surface area (Å²) in [6.07, 6.45) is -0.528. The summed E-state index contributed by atoms with van der Waals surface area (Å²) in [4.78, 5) is 11.7. The van der Waals surface area contributed by atoms with Crippen LogP contribution in [0.4, 0.5) is 4.79 Å². The van der Waals surface area contributed by atoms with Crippen LogP contribution in [0.1, 0.15) is 11.1 Å². The van der Waals surface area contributed by atoms with Gasteiger partial charge in [0.2, 0.25) is 0 Å². The lowest BCUT2D eigenvalue weighted by Gasteiger charge is -2.05. The third-order valence-electron chi connectivity index (χ3n) is 3.65. The number of rotatable bonds is 3. The number of nitrogens with one attached hydrogen (secondary N) is 1. The Morgan fingerprint density at radius 1 is 1.00 bits per heavy atom. The van der Waals surface area contributed by atoms with E-state index < -0.39 is 6.09 Å². The highest BCUT2D eigenvalue weighted by atomic mass is 16.5. The number of carbonyl (C=O) groups excluding carboxylic acids is 1. The largest absolute Gasteiger partial charge is 0.507 e. The summed E-state index contributed by atoms with van der Waals surface area (Å²) >= 11 is 0. The highest BCUT2D eigenvalue weighted by Gasteiger charge is 2.04. The zero-order chi connectivity index (χ0) is 17.5. The second-order valence-electron chi connectivity index (χ2n) is 5.40. The number of hydrogen-bond donors (Lipinski definition) is 2. The number of aromatic hydroxyl groups is 1. The lowest BCUT2D eigenvalue weighted by Crippen LogP contribution is -2.24. The van der Waals surface area contributed by atoms with Crippen LogP contribution in [0.3, 0.4) is 0 Å². The van der Waals surface area contributed by atoms with E-state index in [1.807, 2.05) is 60.7 Å². The molecule has 3 rings (SSSR count). The van der Waals surface area contributed by atoms with E-state index in [4.69, 9.17) is 4.74 Å². The molecule has 0 aliphatic carbocycles. The van der Waals surface area contributed by atoms with Crippen LogP contribution in [0.25, 0.3) is 10.8 Å². The fourth-order valence-electron chi connectivity index (χ4n) is 2.41. The van der Waals surface area contributed by atoms with E-state index >= 15 is 0 Å². The van der Waals surface area contributed by atoms with E-state index in [1.165, 1.54) is 0 Å². The van der Waals surface area contributed by atoms with Gasteiger partial charge in [-0.3, -0.25) is 0 Å². The molecule has 0 radical (unpaired) electrons. The molecule has 0 bridgehead atoms. The second kappa shape index (κ2) is 7.89. The standard InChI is InChI=1S/C21H17NO3/c23-20-13-12-17-9-4-5-10-18(17)19(20)11-6-14-22-21(24)25-15-16-7-2-1-3-8-16/h1-5,7-10,12-13,23H,14-15H2,(H,22,24). The molecule has 124 valence electrons. The van der Waals surface area contributed by atoms with Gasteiger partial charge in [0.05, 0.1) is 12.1 Å². The van der Waals surface area contributed by atoms with Crippen molar-refractivity contribution in [1.82, 2.24) is 5.32 Å². The summed E-state index contributed by atoms with van der Waals surface area (Å²) in [5.41, 5.74) is 1.47. The highest BCUT2D eigenvalue weighted by molar-refractivity contribution is 5.90. The van der Waals surface area contributed by atoms with Crippen molar-refractivity contribution in [1.29, 1.82) is 0 Å². The molecule has 0 fully saturated rings. The summed E-state index contributed by atoms with van der Waals surface area (Å²) in [6, 6.07) is 20.6.